The predicted molar refractivity (Wildman–Crippen MR) is 95.0 cm³/mol. The SMILES string of the molecule is N[C@H]1C[C@H](CCCN2CCN(c3cccc(Cl)c3Cl)CC2)C1. The summed E-state index contributed by atoms with van der Waals surface area (Å²) in [5.74, 6) is 0.890. The van der Waals surface area contributed by atoms with Gasteiger partial charge in [-0.15, -0.1) is 0 Å². The Labute approximate surface area is 143 Å². The molecule has 1 heterocycles. The molecule has 5 heteroatoms. The van der Waals surface area contributed by atoms with Crippen molar-refractivity contribution in [3.05, 3.63) is 28.2 Å². The monoisotopic (exact) mass is 341 g/mol. The van der Waals surface area contributed by atoms with E-state index in [1.807, 2.05) is 12.1 Å². The molecule has 2 aliphatic rings. The van der Waals surface area contributed by atoms with Crippen LogP contribution in [0.3, 0.4) is 0 Å². The highest BCUT2D eigenvalue weighted by Gasteiger charge is 2.25. The zero-order chi connectivity index (χ0) is 15.5. The molecule has 2 fully saturated rings. The minimum atomic E-state index is 0.482. The molecule has 0 spiro atoms. The van der Waals surface area contributed by atoms with Gasteiger partial charge in [0.1, 0.15) is 0 Å². The number of nitrogens with zero attached hydrogens (tertiary/aromatic N) is 2. The van der Waals surface area contributed by atoms with Crippen molar-refractivity contribution in [3.8, 4) is 0 Å². The van der Waals surface area contributed by atoms with E-state index >= 15 is 0 Å². The quantitative estimate of drug-likeness (QED) is 0.887. The molecule has 1 saturated heterocycles. The van der Waals surface area contributed by atoms with Crippen molar-refractivity contribution in [2.75, 3.05) is 37.6 Å². The van der Waals surface area contributed by atoms with Crippen molar-refractivity contribution in [2.24, 2.45) is 11.7 Å². The lowest BCUT2D eigenvalue weighted by Crippen LogP contribution is -2.47. The first kappa shape index (κ1) is 16.4. The number of anilines is 1. The van der Waals surface area contributed by atoms with E-state index in [1.54, 1.807) is 0 Å². The maximum Gasteiger partial charge on any atom is 0.0825 e. The fourth-order valence-corrected chi connectivity index (χ4v) is 3.99. The zero-order valence-corrected chi connectivity index (χ0v) is 14.5. The molecular formula is C17H25Cl2N3. The molecule has 0 amide bonds. The van der Waals surface area contributed by atoms with Crippen LogP contribution in [0.15, 0.2) is 18.2 Å². The first-order chi connectivity index (χ1) is 10.6. The summed E-state index contributed by atoms with van der Waals surface area (Å²) in [4.78, 5) is 4.91. The number of hydrogen-bond acceptors (Lipinski definition) is 3. The Hall–Kier alpha value is -0.480. The van der Waals surface area contributed by atoms with Gasteiger partial charge in [0, 0.05) is 32.2 Å². The zero-order valence-electron chi connectivity index (χ0n) is 13.0. The second kappa shape index (κ2) is 7.39. The lowest BCUT2D eigenvalue weighted by atomic mass is 9.78. The average molecular weight is 342 g/mol. The van der Waals surface area contributed by atoms with Crippen LogP contribution in [0.4, 0.5) is 5.69 Å². The molecule has 0 aromatic heterocycles. The van der Waals surface area contributed by atoms with E-state index in [0.29, 0.717) is 16.1 Å². The van der Waals surface area contributed by atoms with Gasteiger partial charge in [-0.1, -0.05) is 29.3 Å². The second-order valence-electron chi connectivity index (χ2n) is 6.64. The molecule has 1 saturated carbocycles. The molecule has 1 aromatic carbocycles. The van der Waals surface area contributed by atoms with E-state index in [4.69, 9.17) is 28.9 Å². The molecule has 1 aliphatic carbocycles. The van der Waals surface area contributed by atoms with Gasteiger partial charge in [-0.25, -0.2) is 0 Å². The molecule has 0 bridgehead atoms. The third kappa shape index (κ3) is 3.88. The molecule has 122 valence electrons. The van der Waals surface area contributed by atoms with Crippen LogP contribution >= 0.6 is 23.2 Å². The first-order valence-corrected chi connectivity index (χ1v) is 9.06. The molecule has 1 aromatic rings. The number of benzene rings is 1. The van der Waals surface area contributed by atoms with Crippen LogP contribution in [0.25, 0.3) is 0 Å². The van der Waals surface area contributed by atoms with E-state index in [-0.39, 0.29) is 0 Å². The Kier molecular flexibility index (Phi) is 5.50. The van der Waals surface area contributed by atoms with E-state index in [9.17, 15) is 0 Å². The summed E-state index contributed by atoms with van der Waals surface area (Å²) in [6.45, 7) is 5.46. The molecule has 3 nitrogen and oxygen atoms in total. The van der Waals surface area contributed by atoms with Crippen LogP contribution in [-0.4, -0.2) is 43.7 Å². The number of hydrogen-bond donors (Lipinski definition) is 1. The van der Waals surface area contributed by atoms with Crippen molar-refractivity contribution in [3.63, 3.8) is 0 Å². The lowest BCUT2D eigenvalue weighted by Gasteiger charge is -2.37. The van der Waals surface area contributed by atoms with Gasteiger partial charge in [0.2, 0.25) is 0 Å². The van der Waals surface area contributed by atoms with Crippen molar-refractivity contribution in [2.45, 2.75) is 31.7 Å². The molecule has 2 N–H and O–H groups in total. The van der Waals surface area contributed by atoms with Crippen molar-refractivity contribution < 1.29 is 0 Å². The molecule has 0 radical (unpaired) electrons. The van der Waals surface area contributed by atoms with Gasteiger partial charge in [-0.3, -0.25) is 4.90 Å². The van der Waals surface area contributed by atoms with Gasteiger partial charge in [-0.2, -0.15) is 0 Å². The average Bonchev–Trinajstić information content (AvgIpc) is 2.49. The van der Waals surface area contributed by atoms with Crippen molar-refractivity contribution >= 4 is 28.9 Å². The Morgan fingerprint density at radius 1 is 1.09 bits per heavy atom. The largest absolute Gasteiger partial charge is 0.368 e. The normalized spacial score (nSPS) is 26.0. The maximum absolute atomic E-state index is 6.32. The lowest BCUT2D eigenvalue weighted by molar-refractivity contribution is 0.211. The fourth-order valence-electron chi connectivity index (χ4n) is 3.58. The maximum atomic E-state index is 6.32. The summed E-state index contributed by atoms with van der Waals surface area (Å²) >= 11 is 12.4. The Balaban J connectivity index is 1.41. The van der Waals surface area contributed by atoms with Crippen molar-refractivity contribution in [1.29, 1.82) is 0 Å². The van der Waals surface area contributed by atoms with Gasteiger partial charge in [0.05, 0.1) is 15.7 Å². The summed E-state index contributed by atoms with van der Waals surface area (Å²) in [5.41, 5.74) is 6.91. The topological polar surface area (TPSA) is 32.5 Å². The molecule has 3 rings (SSSR count). The van der Waals surface area contributed by atoms with Gasteiger partial charge in [-0.05, 0) is 50.3 Å². The van der Waals surface area contributed by atoms with Crippen LogP contribution in [0, 0.1) is 5.92 Å². The van der Waals surface area contributed by atoms with Crippen molar-refractivity contribution in [1.82, 2.24) is 4.90 Å². The first-order valence-electron chi connectivity index (χ1n) is 8.30. The van der Waals surface area contributed by atoms with Gasteiger partial charge in [0.15, 0.2) is 0 Å². The highest BCUT2D eigenvalue weighted by atomic mass is 35.5. The van der Waals surface area contributed by atoms with Crippen LogP contribution in [0.5, 0.6) is 0 Å². The Morgan fingerprint density at radius 3 is 2.50 bits per heavy atom. The predicted octanol–water partition coefficient (Wildman–Crippen LogP) is 3.63. The van der Waals surface area contributed by atoms with Gasteiger partial charge < -0.3 is 10.6 Å². The number of rotatable bonds is 5. The molecule has 0 atom stereocenters. The smallest absolute Gasteiger partial charge is 0.0825 e. The minimum Gasteiger partial charge on any atom is -0.368 e. The summed E-state index contributed by atoms with van der Waals surface area (Å²) in [6.07, 6.45) is 5.12. The van der Waals surface area contributed by atoms with Gasteiger partial charge >= 0.3 is 0 Å². The van der Waals surface area contributed by atoms with Crippen LogP contribution in [0.1, 0.15) is 25.7 Å². The number of piperazine rings is 1. The Bertz CT molecular complexity index is 495. The van der Waals surface area contributed by atoms with E-state index < -0.39 is 0 Å². The van der Waals surface area contributed by atoms with E-state index in [1.165, 1.54) is 32.2 Å². The highest BCUT2D eigenvalue weighted by molar-refractivity contribution is 6.43. The van der Waals surface area contributed by atoms with E-state index in [2.05, 4.69) is 15.9 Å². The third-order valence-corrected chi connectivity index (χ3v) is 5.81. The molecule has 0 unspecified atom stereocenters. The van der Waals surface area contributed by atoms with Gasteiger partial charge in [0.25, 0.3) is 0 Å². The summed E-state index contributed by atoms with van der Waals surface area (Å²) in [7, 11) is 0. The summed E-state index contributed by atoms with van der Waals surface area (Å²) < 4.78 is 0. The Morgan fingerprint density at radius 2 is 1.82 bits per heavy atom. The summed E-state index contributed by atoms with van der Waals surface area (Å²) in [6, 6.07) is 6.36. The van der Waals surface area contributed by atoms with Crippen LogP contribution < -0.4 is 10.6 Å². The van der Waals surface area contributed by atoms with Crippen LogP contribution in [-0.2, 0) is 0 Å². The highest BCUT2D eigenvalue weighted by Crippen LogP contribution is 2.33. The summed E-state index contributed by atoms with van der Waals surface area (Å²) in [5, 5.41) is 1.32. The molecular weight excluding hydrogens is 317 g/mol. The second-order valence-corrected chi connectivity index (χ2v) is 7.43. The number of halogens is 2. The minimum absolute atomic E-state index is 0.482. The standard InChI is InChI=1S/C17H25Cl2N3/c18-15-4-1-5-16(17(15)19)22-9-7-21(8-10-22)6-2-3-13-11-14(20)12-13/h1,4-5,13-14H,2-3,6-12,20H2/t13-,14-. The fraction of sp³-hybridized carbons (Fsp3) is 0.647. The third-order valence-electron chi connectivity index (χ3n) is 5.00. The number of nitrogens with two attached hydrogens (primary N) is 1. The van der Waals surface area contributed by atoms with Crippen LogP contribution in [0.2, 0.25) is 10.0 Å². The van der Waals surface area contributed by atoms with E-state index in [0.717, 1.165) is 37.8 Å². The molecule has 22 heavy (non-hydrogen) atoms. The molecule has 1 aliphatic heterocycles.